The van der Waals surface area contributed by atoms with Crippen molar-refractivity contribution in [2.45, 2.75) is 17.4 Å². The first-order chi connectivity index (χ1) is 14.8. The van der Waals surface area contributed by atoms with Crippen LogP contribution in [0.5, 0.6) is 11.5 Å². The van der Waals surface area contributed by atoms with Gasteiger partial charge in [-0.1, -0.05) is 30.3 Å². The van der Waals surface area contributed by atoms with E-state index in [4.69, 9.17) is 10.2 Å². The predicted octanol–water partition coefficient (Wildman–Crippen LogP) is 3.77. The van der Waals surface area contributed by atoms with Gasteiger partial charge >= 0.3 is 0 Å². The van der Waals surface area contributed by atoms with Crippen molar-refractivity contribution in [3.05, 3.63) is 90.0 Å². The minimum Gasteiger partial charge on any atom is -0.508 e. The van der Waals surface area contributed by atoms with Gasteiger partial charge in [-0.25, -0.2) is 13.6 Å². The molecule has 0 bridgehead atoms. The lowest BCUT2D eigenvalue weighted by atomic mass is 10.0. The maximum absolute atomic E-state index is 11.6. The van der Waals surface area contributed by atoms with Crippen LogP contribution in [0, 0.1) is 0 Å². The molecule has 0 aliphatic carbocycles. The van der Waals surface area contributed by atoms with Crippen LogP contribution in [0.25, 0.3) is 6.08 Å². The molecule has 0 radical (unpaired) electrons. The molecule has 0 saturated carbocycles. The average Bonchev–Trinajstić information content (AvgIpc) is 3.16. The van der Waals surface area contributed by atoms with Gasteiger partial charge in [-0.3, -0.25) is 5.01 Å². The number of sulfonamides is 1. The molecule has 0 aromatic heterocycles. The van der Waals surface area contributed by atoms with Gasteiger partial charge in [-0.15, -0.1) is 0 Å². The molecule has 0 fully saturated rings. The highest BCUT2D eigenvalue weighted by Crippen LogP contribution is 2.36. The Labute approximate surface area is 180 Å². The molecule has 1 heterocycles. The maximum Gasteiger partial charge on any atom is 0.238 e. The third kappa shape index (κ3) is 4.76. The van der Waals surface area contributed by atoms with Gasteiger partial charge in [0.15, 0.2) is 0 Å². The number of allylic oxidation sites excluding steroid dienone is 1. The van der Waals surface area contributed by atoms with Gasteiger partial charge in [0.1, 0.15) is 11.5 Å². The summed E-state index contributed by atoms with van der Waals surface area (Å²) in [6.45, 7) is 0. The first-order valence-electron chi connectivity index (χ1n) is 9.55. The molecule has 1 unspecified atom stereocenters. The van der Waals surface area contributed by atoms with E-state index < -0.39 is 10.0 Å². The highest BCUT2D eigenvalue weighted by atomic mass is 32.2. The van der Waals surface area contributed by atoms with Crippen LogP contribution in [0.15, 0.2) is 88.9 Å². The SMILES string of the molecule is NS(=O)(=O)c1ccc(N2N=C(/C=C/c3cccc(O)c3)CC2c2cccc(O)c2)cc1. The Morgan fingerprint density at radius 1 is 0.935 bits per heavy atom. The van der Waals surface area contributed by atoms with Crippen LogP contribution >= 0.6 is 0 Å². The van der Waals surface area contributed by atoms with E-state index in [-0.39, 0.29) is 22.4 Å². The summed E-state index contributed by atoms with van der Waals surface area (Å²) in [6.07, 6.45) is 4.32. The number of hydrogen-bond acceptors (Lipinski definition) is 6. The lowest BCUT2D eigenvalue weighted by molar-refractivity contribution is 0.473. The number of nitrogens with two attached hydrogens (primary N) is 1. The van der Waals surface area contributed by atoms with Crippen LogP contribution in [0.4, 0.5) is 5.69 Å². The molecule has 8 heteroatoms. The van der Waals surface area contributed by atoms with Gasteiger partial charge in [-0.05, 0) is 65.7 Å². The monoisotopic (exact) mass is 435 g/mol. The van der Waals surface area contributed by atoms with Crippen molar-refractivity contribution in [1.29, 1.82) is 0 Å². The Bertz CT molecular complexity index is 1270. The molecular weight excluding hydrogens is 414 g/mol. The van der Waals surface area contributed by atoms with Crippen LogP contribution in [0.1, 0.15) is 23.6 Å². The van der Waals surface area contributed by atoms with Crippen molar-refractivity contribution in [1.82, 2.24) is 0 Å². The fraction of sp³-hybridized carbons (Fsp3) is 0.0870. The fourth-order valence-corrected chi connectivity index (χ4v) is 3.99. The molecule has 4 rings (SSSR count). The van der Waals surface area contributed by atoms with Crippen LogP contribution in [0.2, 0.25) is 0 Å². The number of primary sulfonamides is 1. The van der Waals surface area contributed by atoms with Gasteiger partial charge < -0.3 is 10.2 Å². The summed E-state index contributed by atoms with van der Waals surface area (Å²) in [5.41, 5.74) is 3.21. The van der Waals surface area contributed by atoms with Crippen LogP contribution in [0.3, 0.4) is 0 Å². The van der Waals surface area contributed by atoms with E-state index in [0.29, 0.717) is 12.1 Å². The van der Waals surface area contributed by atoms with E-state index in [9.17, 15) is 18.6 Å². The highest BCUT2D eigenvalue weighted by molar-refractivity contribution is 7.89. The summed E-state index contributed by atoms with van der Waals surface area (Å²) < 4.78 is 23.1. The molecule has 1 aliphatic heterocycles. The molecule has 4 N–H and O–H groups in total. The van der Waals surface area contributed by atoms with E-state index in [0.717, 1.165) is 16.8 Å². The number of phenolic OH excluding ortho intramolecular Hbond substituents is 2. The number of rotatable bonds is 5. The zero-order valence-corrected chi connectivity index (χ0v) is 17.3. The smallest absolute Gasteiger partial charge is 0.238 e. The number of hydrogen-bond donors (Lipinski definition) is 3. The normalized spacial score (nSPS) is 16.6. The average molecular weight is 436 g/mol. The second kappa shape index (κ2) is 8.25. The summed E-state index contributed by atoms with van der Waals surface area (Å²) >= 11 is 0. The molecule has 7 nitrogen and oxygen atoms in total. The zero-order chi connectivity index (χ0) is 22.0. The van der Waals surface area contributed by atoms with Crippen molar-refractivity contribution < 1.29 is 18.6 Å². The number of anilines is 1. The number of hydrazone groups is 1. The molecule has 0 amide bonds. The largest absolute Gasteiger partial charge is 0.508 e. The Morgan fingerprint density at radius 3 is 2.26 bits per heavy atom. The summed E-state index contributed by atoms with van der Waals surface area (Å²) in [6, 6.07) is 19.9. The molecular formula is C23H21N3O4S. The minimum absolute atomic E-state index is 0.0253. The number of phenols is 2. The van der Waals surface area contributed by atoms with Crippen molar-refractivity contribution in [3.63, 3.8) is 0 Å². The molecule has 0 spiro atoms. The predicted molar refractivity (Wildman–Crippen MR) is 120 cm³/mol. The van der Waals surface area contributed by atoms with E-state index in [2.05, 4.69) is 0 Å². The van der Waals surface area contributed by atoms with E-state index >= 15 is 0 Å². The lowest BCUT2D eigenvalue weighted by Crippen LogP contribution is -2.19. The number of nitrogens with zero attached hydrogens (tertiary/aromatic N) is 2. The summed E-state index contributed by atoms with van der Waals surface area (Å²) in [7, 11) is -3.79. The quantitative estimate of drug-likeness (QED) is 0.564. The van der Waals surface area contributed by atoms with Gasteiger partial charge in [0.2, 0.25) is 10.0 Å². The molecule has 3 aromatic rings. The topological polar surface area (TPSA) is 116 Å². The molecule has 1 atom stereocenters. The van der Waals surface area contributed by atoms with Crippen LogP contribution in [-0.2, 0) is 10.0 Å². The van der Waals surface area contributed by atoms with Crippen molar-refractivity contribution in [2.75, 3.05) is 5.01 Å². The summed E-state index contributed by atoms with van der Waals surface area (Å²) in [4.78, 5) is 0.0253. The first-order valence-corrected chi connectivity index (χ1v) is 11.1. The Hall–Kier alpha value is -3.62. The lowest BCUT2D eigenvalue weighted by Gasteiger charge is -2.24. The van der Waals surface area contributed by atoms with E-state index in [1.807, 2.05) is 24.3 Å². The third-order valence-corrected chi connectivity index (χ3v) is 5.89. The van der Waals surface area contributed by atoms with E-state index in [1.54, 1.807) is 53.5 Å². The number of aromatic hydroxyl groups is 2. The van der Waals surface area contributed by atoms with Gasteiger partial charge in [-0.2, -0.15) is 5.10 Å². The van der Waals surface area contributed by atoms with E-state index in [1.165, 1.54) is 12.1 Å². The van der Waals surface area contributed by atoms with Crippen molar-refractivity contribution in [2.24, 2.45) is 10.2 Å². The highest BCUT2D eigenvalue weighted by Gasteiger charge is 2.28. The van der Waals surface area contributed by atoms with Gasteiger partial charge in [0.05, 0.1) is 22.3 Å². The Balaban J connectivity index is 1.68. The second-order valence-electron chi connectivity index (χ2n) is 7.22. The Morgan fingerprint density at radius 2 is 1.61 bits per heavy atom. The summed E-state index contributed by atoms with van der Waals surface area (Å²) in [5.74, 6) is 0.343. The van der Waals surface area contributed by atoms with Crippen LogP contribution < -0.4 is 10.1 Å². The van der Waals surface area contributed by atoms with Crippen molar-refractivity contribution in [3.8, 4) is 11.5 Å². The molecule has 31 heavy (non-hydrogen) atoms. The second-order valence-corrected chi connectivity index (χ2v) is 8.78. The third-order valence-electron chi connectivity index (χ3n) is 4.96. The standard InChI is InChI=1S/C23H21N3O4S/c24-31(29,30)22-11-9-19(10-12-22)26-23(17-4-2-6-21(28)14-17)15-18(25-26)8-7-16-3-1-5-20(27)13-16/h1-14,23,27-28H,15H2,(H2,24,29,30)/b8-7+. The Kier molecular flexibility index (Phi) is 5.50. The van der Waals surface area contributed by atoms with Gasteiger partial charge in [0.25, 0.3) is 0 Å². The molecule has 0 saturated heterocycles. The summed E-state index contributed by atoms with van der Waals surface area (Å²) in [5, 5.41) is 31.3. The van der Waals surface area contributed by atoms with Gasteiger partial charge in [0, 0.05) is 6.42 Å². The molecule has 158 valence electrons. The first kappa shape index (κ1) is 20.6. The molecule has 1 aliphatic rings. The zero-order valence-electron chi connectivity index (χ0n) is 16.5. The molecule has 3 aromatic carbocycles. The van der Waals surface area contributed by atoms with Crippen molar-refractivity contribution >= 4 is 27.5 Å². The van der Waals surface area contributed by atoms with Crippen LogP contribution in [-0.4, -0.2) is 24.3 Å². The number of benzene rings is 3. The minimum atomic E-state index is -3.79. The fourth-order valence-electron chi connectivity index (χ4n) is 3.47. The maximum atomic E-state index is 11.6.